The Balaban J connectivity index is 1.84. The maximum Gasteiger partial charge on any atom is 0.191 e. The smallest absolute Gasteiger partial charge is 0.191 e. The lowest BCUT2D eigenvalue weighted by molar-refractivity contribution is 0.796. The Morgan fingerprint density at radius 2 is 1.96 bits per heavy atom. The molecule has 2 aromatic rings. The average Bonchev–Trinajstić information content (AvgIpc) is 2.58. The molecule has 0 saturated carbocycles. The summed E-state index contributed by atoms with van der Waals surface area (Å²) in [7, 11) is 0. The van der Waals surface area contributed by atoms with Crippen LogP contribution < -0.4 is 10.6 Å². The number of nitrogens with one attached hydrogen (secondary N) is 2. The number of aliphatic imine (C=N–C) groups is 1. The van der Waals surface area contributed by atoms with Gasteiger partial charge in [0.05, 0.1) is 0 Å². The van der Waals surface area contributed by atoms with Crippen molar-refractivity contribution in [1.29, 1.82) is 0 Å². The van der Waals surface area contributed by atoms with E-state index in [1.807, 2.05) is 30.6 Å². The maximum atomic E-state index is 6.19. The third-order valence-corrected chi connectivity index (χ3v) is 4.15. The van der Waals surface area contributed by atoms with Gasteiger partial charge in [-0.15, -0.1) is 0 Å². The first-order valence-electron chi connectivity index (χ1n) is 8.35. The minimum absolute atomic E-state index is 0.742. The Bertz CT molecular complexity index is 670. The van der Waals surface area contributed by atoms with Crippen molar-refractivity contribution in [1.82, 2.24) is 15.6 Å². The van der Waals surface area contributed by atoms with Gasteiger partial charge in [0.25, 0.3) is 0 Å². The Kier molecular flexibility index (Phi) is 7.56. The van der Waals surface area contributed by atoms with E-state index in [2.05, 4.69) is 46.6 Å². The van der Waals surface area contributed by atoms with E-state index in [9.17, 15) is 0 Å². The van der Waals surface area contributed by atoms with E-state index in [1.165, 1.54) is 11.1 Å². The van der Waals surface area contributed by atoms with E-state index < -0.39 is 0 Å². The molecule has 128 valence electrons. The fraction of sp³-hybridized carbons (Fsp3) is 0.368. The molecule has 0 aliphatic heterocycles. The summed E-state index contributed by atoms with van der Waals surface area (Å²) in [6.07, 6.45) is 5.51. The topological polar surface area (TPSA) is 49.3 Å². The summed E-state index contributed by atoms with van der Waals surface area (Å²) < 4.78 is 0. The summed E-state index contributed by atoms with van der Waals surface area (Å²) in [6.45, 7) is 6.53. The molecule has 0 spiro atoms. The van der Waals surface area contributed by atoms with Crippen LogP contribution in [0.2, 0.25) is 5.02 Å². The lowest BCUT2D eigenvalue weighted by Crippen LogP contribution is -2.38. The van der Waals surface area contributed by atoms with E-state index in [4.69, 9.17) is 11.6 Å². The van der Waals surface area contributed by atoms with Gasteiger partial charge in [0.15, 0.2) is 5.96 Å². The SMILES string of the molecule is CCNC(=NCCc1ccncc1C)NCCc1ccccc1Cl. The van der Waals surface area contributed by atoms with Crippen molar-refractivity contribution in [2.45, 2.75) is 26.7 Å². The zero-order chi connectivity index (χ0) is 17.2. The monoisotopic (exact) mass is 344 g/mol. The van der Waals surface area contributed by atoms with E-state index in [0.29, 0.717) is 0 Å². The fourth-order valence-corrected chi connectivity index (χ4v) is 2.66. The van der Waals surface area contributed by atoms with Crippen LogP contribution in [0.3, 0.4) is 0 Å². The summed E-state index contributed by atoms with van der Waals surface area (Å²) in [4.78, 5) is 8.77. The molecular formula is C19H25ClN4. The zero-order valence-electron chi connectivity index (χ0n) is 14.3. The first kappa shape index (κ1) is 18.3. The number of benzene rings is 1. The minimum atomic E-state index is 0.742. The lowest BCUT2D eigenvalue weighted by atomic mass is 10.1. The summed E-state index contributed by atoms with van der Waals surface area (Å²) in [5.41, 5.74) is 3.65. The fourth-order valence-electron chi connectivity index (χ4n) is 2.43. The molecular weight excluding hydrogens is 320 g/mol. The number of pyridine rings is 1. The quantitative estimate of drug-likeness (QED) is 0.598. The van der Waals surface area contributed by atoms with E-state index >= 15 is 0 Å². The van der Waals surface area contributed by atoms with Crippen LogP contribution in [0.5, 0.6) is 0 Å². The molecule has 5 heteroatoms. The molecule has 0 amide bonds. The summed E-state index contributed by atoms with van der Waals surface area (Å²) in [6, 6.07) is 10.00. The van der Waals surface area contributed by atoms with Crippen molar-refractivity contribution in [2.75, 3.05) is 19.6 Å². The van der Waals surface area contributed by atoms with Crippen LogP contribution in [-0.2, 0) is 12.8 Å². The van der Waals surface area contributed by atoms with Crippen molar-refractivity contribution in [3.63, 3.8) is 0 Å². The minimum Gasteiger partial charge on any atom is -0.357 e. The number of nitrogens with zero attached hydrogens (tertiary/aromatic N) is 2. The molecule has 0 saturated heterocycles. The predicted octanol–water partition coefficient (Wildman–Crippen LogP) is 3.38. The summed E-state index contributed by atoms with van der Waals surface area (Å²) in [5.74, 6) is 0.844. The van der Waals surface area contributed by atoms with Gasteiger partial charge in [0.2, 0.25) is 0 Å². The third-order valence-electron chi connectivity index (χ3n) is 3.78. The van der Waals surface area contributed by atoms with Gasteiger partial charge >= 0.3 is 0 Å². The zero-order valence-corrected chi connectivity index (χ0v) is 15.1. The number of hydrogen-bond donors (Lipinski definition) is 2. The molecule has 0 aliphatic carbocycles. The first-order valence-corrected chi connectivity index (χ1v) is 8.73. The number of guanidine groups is 1. The van der Waals surface area contributed by atoms with Gasteiger partial charge in [0.1, 0.15) is 0 Å². The van der Waals surface area contributed by atoms with Crippen molar-refractivity contribution in [2.24, 2.45) is 4.99 Å². The highest BCUT2D eigenvalue weighted by molar-refractivity contribution is 6.31. The standard InChI is InChI=1S/C19H25ClN4/c1-3-22-19(23-12-9-16-8-11-21-14-15(16)2)24-13-10-17-6-4-5-7-18(17)20/h4-8,11,14H,3,9-10,12-13H2,1-2H3,(H2,22,23,24). The highest BCUT2D eigenvalue weighted by atomic mass is 35.5. The number of halogens is 1. The molecule has 4 nitrogen and oxygen atoms in total. The van der Waals surface area contributed by atoms with Crippen molar-refractivity contribution in [3.05, 3.63) is 64.4 Å². The van der Waals surface area contributed by atoms with Gasteiger partial charge in [0, 0.05) is 37.1 Å². The van der Waals surface area contributed by atoms with E-state index in [1.54, 1.807) is 0 Å². The van der Waals surface area contributed by atoms with Gasteiger partial charge in [-0.3, -0.25) is 9.98 Å². The highest BCUT2D eigenvalue weighted by Crippen LogP contribution is 2.14. The summed E-state index contributed by atoms with van der Waals surface area (Å²) >= 11 is 6.19. The van der Waals surface area contributed by atoms with Crippen LogP contribution >= 0.6 is 11.6 Å². The van der Waals surface area contributed by atoms with Gasteiger partial charge < -0.3 is 10.6 Å². The first-order chi connectivity index (χ1) is 11.7. The second-order valence-electron chi connectivity index (χ2n) is 5.58. The number of aromatic nitrogens is 1. The molecule has 0 aliphatic rings. The molecule has 0 fully saturated rings. The maximum absolute atomic E-state index is 6.19. The van der Waals surface area contributed by atoms with Gasteiger partial charge in [-0.05, 0) is 55.5 Å². The number of rotatable bonds is 7. The molecule has 24 heavy (non-hydrogen) atoms. The second kappa shape index (κ2) is 9.93. The molecule has 2 rings (SSSR count). The predicted molar refractivity (Wildman–Crippen MR) is 102 cm³/mol. The second-order valence-corrected chi connectivity index (χ2v) is 5.99. The Labute approximate surface area is 149 Å². The van der Waals surface area contributed by atoms with Crippen LogP contribution in [-0.4, -0.2) is 30.6 Å². The molecule has 2 N–H and O–H groups in total. The normalized spacial score (nSPS) is 11.4. The molecule has 1 aromatic heterocycles. The Morgan fingerprint density at radius 3 is 2.71 bits per heavy atom. The Hall–Kier alpha value is -2.07. The molecule has 0 radical (unpaired) electrons. The van der Waals surface area contributed by atoms with Gasteiger partial charge in [-0.25, -0.2) is 0 Å². The molecule has 0 atom stereocenters. The Morgan fingerprint density at radius 1 is 1.12 bits per heavy atom. The van der Waals surface area contributed by atoms with Crippen molar-refractivity contribution < 1.29 is 0 Å². The lowest BCUT2D eigenvalue weighted by Gasteiger charge is -2.12. The third kappa shape index (κ3) is 5.85. The molecule has 1 aromatic carbocycles. The largest absolute Gasteiger partial charge is 0.357 e. The average molecular weight is 345 g/mol. The number of aryl methyl sites for hydroxylation is 1. The van der Waals surface area contributed by atoms with E-state index in [0.717, 1.165) is 49.0 Å². The van der Waals surface area contributed by atoms with Crippen LogP contribution in [0.15, 0.2) is 47.7 Å². The summed E-state index contributed by atoms with van der Waals surface area (Å²) in [5, 5.41) is 7.46. The van der Waals surface area contributed by atoms with Crippen LogP contribution in [0.1, 0.15) is 23.6 Å². The van der Waals surface area contributed by atoms with Crippen LogP contribution in [0.4, 0.5) is 0 Å². The van der Waals surface area contributed by atoms with Crippen LogP contribution in [0.25, 0.3) is 0 Å². The van der Waals surface area contributed by atoms with Gasteiger partial charge in [-0.2, -0.15) is 0 Å². The number of hydrogen-bond acceptors (Lipinski definition) is 2. The molecule has 0 unspecified atom stereocenters. The van der Waals surface area contributed by atoms with Crippen molar-refractivity contribution in [3.8, 4) is 0 Å². The molecule has 1 heterocycles. The van der Waals surface area contributed by atoms with Gasteiger partial charge in [-0.1, -0.05) is 29.8 Å². The highest BCUT2D eigenvalue weighted by Gasteiger charge is 2.01. The van der Waals surface area contributed by atoms with Crippen LogP contribution in [0, 0.1) is 6.92 Å². The molecule has 0 bridgehead atoms. The van der Waals surface area contributed by atoms with E-state index in [-0.39, 0.29) is 0 Å². The van der Waals surface area contributed by atoms with Crippen molar-refractivity contribution >= 4 is 17.6 Å².